The molecule has 2 rings (SSSR count). The Labute approximate surface area is 173 Å². The van der Waals surface area contributed by atoms with E-state index in [1.807, 2.05) is 52.0 Å². The van der Waals surface area contributed by atoms with Crippen LogP contribution in [-0.2, 0) is 21.2 Å². The van der Waals surface area contributed by atoms with E-state index in [1.54, 1.807) is 12.1 Å². The first kappa shape index (κ1) is 22.9. The average molecular weight is 419 g/mol. The SMILES string of the molecule is CCc1cccc(C)c1NC(=O)C(C)NS(=O)(=O)c1cc(C(C)C)ccc1OC. The Morgan fingerprint density at radius 1 is 1.14 bits per heavy atom. The Bertz CT molecular complexity index is 984. The summed E-state index contributed by atoms with van der Waals surface area (Å²) in [6.07, 6.45) is 0.761. The van der Waals surface area contributed by atoms with Crippen molar-refractivity contribution in [1.29, 1.82) is 0 Å². The highest BCUT2D eigenvalue weighted by molar-refractivity contribution is 7.89. The van der Waals surface area contributed by atoms with E-state index in [-0.39, 0.29) is 16.6 Å². The van der Waals surface area contributed by atoms with Crippen LogP contribution in [0.15, 0.2) is 41.3 Å². The van der Waals surface area contributed by atoms with Gasteiger partial charge in [0, 0.05) is 5.69 Å². The molecule has 0 fully saturated rings. The van der Waals surface area contributed by atoms with Gasteiger partial charge in [-0.3, -0.25) is 4.79 Å². The largest absolute Gasteiger partial charge is 0.495 e. The van der Waals surface area contributed by atoms with Gasteiger partial charge in [0.05, 0.1) is 13.2 Å². The topological polar surface area (TPSA) is 84.5 Å². The second-order valence-corrected chi connectivity index (χ2v) is 9.04. The zero-order valence-corrected chi connectivity index (χ0v) is 18.7. The highest BCUT2D eigenvalue weighted by Crippen LogP contribution is 2.28. The Morgan fingerprint density at radius 3 is 2.41 bits per heavy atom. The second-order valence-electron chi connectivity index (χ2n) is 7.36. The number of aryl methyl sites for hydroxylation is 2. The number of carbonyl (C=O) groups excluding carboxylic acids is 1. The number of amides is 1. The highest BCUT2D eigenvalue weighted by Gasteiger charge is 2.26. The van der Waals surface area contributed by atoms with Crippen molar-refractivity contribution in [2.75, 3.05) is 12.4 Å². The molecule has 0 spiro atoms. The summed E-state index contributed by atoms with van der Waals surface area (Å²) in [7, 11) is -2.54. The number of sulfonamides is 1. The fourth-order valence-corrected chi connectivity index (χ4v) is 4.45. The Balaban J connectivity index is 2.27. The van der Waals surface area contributed by atoms with E-state index in [9.17, 15) is 13.2 Å². The minimum Gasteiger partial charge on any atom is -0.495 e. The van der Waals surface area contributed by atoms with Gasteiger partial charge in [0.2, 0.25) is 15.9 Å². The summed E-state index contributed by atoms with van der Waals surface area (Å²) in [6, 6.07) is 9.89. The number of methoxy groups -OCH3 is 1. The molecule has 2 N–H and O–H groups in total. The van der Waals surface area contributed by atoms with Gasteiger partial charge < -0.3 is 10.1 Å². The lowest BCUT2D eigenvalue weighted by Gasteiger charge is -2.19. The van der Waals surface area contributed by atoms with Gasteiger partial charge in [0.1, 0.15) is 10.6 Å². The molecule has 0 aromatic heterocycles. The molecule has 2 aromatic rings. The Hall–Kier alpha value is -2.38. The molecular formula is C22H30N2O4S. The van der Waals surface area contributed by atoms with Crippen molar-refractivity contribution in [3.05, 3.63) is 53.1 Å². The quantitative estimate of drug-likeness (QED) is 0.679. The molecule has 0 heterocycles. The number of anilines is 1. The standard InChI is InChI=1S/C22H30N2O4S/c1-7-17-10-8-9-15(4)21(17)23-22(25)16(5)24-29(26,27)20-13-18(14(2)3)11-12-19(20)28-6/h8-14,16,24H,7H2,1-6H3,(H,23,25). The fraction of sp³-hybridized carbons (Fsp3) is 0.409. The van der Waals surface area contributed by atoms with Crippen LogP contribution in [0, 0.1) is 6.92 Å². The van der Waals surface area contributed by atoms with E-state index in [1.165, 1.54) is 14.0 Å². The lowest BCUT2D eigenvalue weighted by Crippen LogP contribution is -2.41. The van der Waals surface area contributed by atoms with Crippen LogP contribution >= 0.6 is 0 Å². The molecule has 0 saturated carbocycles. The van der Waals surface area contributed by atoms with E-state index in [0.29, 0.717) is 0 Å². The summed E-state index contributed by atoms with van der Waals surface area (Å²) >= 11 is 0. The first-order valence-corrected chi connectivity index (χ1v) is 11.2. The molecule has 0 aliphatic carbocycles. The summed E-state index contributed by atoms with van der Waals surface area (Å²) in [5, 5.41) is 2.86. The zero-order chi connectivity index (χ0) is 21.8. The van der Waals surface area contributed by atoms with Crippen LogP contribution in [0.2, 0.25) is 0 Å². The molecule has 2 aromatic carbocycles. The van der Waals surface area contributed by atoms with Crippen LogP contribution in [0.4, 0.5) is 5.69 Å². The van der Waals surface area contributed by atoms with Gasteiger partial charge in [-0.05, 0) is 55.0 Å². The van der Waals surface area contributed by atoms with Crippen molar-refractivity contribution < 1.29 is 17.9 Å². The molecule has 0 aliphatic heterocycles. The number of para-hydroxylation sites is 1. The molecule has 1 unspecified atom stereocenters. The fourth-order valence-electron chi connectivity index (χ4n) is 3.05. The van der Waals surface area contributed by atoms with Crippen molar-refractivity contribution in [2.45, 2.75) is 57.9 Å². The van der Waals surface area contributed by atoms with E-state index >= 15 is 0 Å². The smallest absolute Gasteiger partial charge is 0.244 e. The van der Waals surface area contributed by atoms with Crippen molar-refractivity contribution in [3.8, 4) is 5.75 Å². The molecule has 158 valence electrons. The van der Waals surface area contributed by atoms with Gasteiger partial charge in [-0.2, -0.15) is 4.72 Å². The first-order chi connectivity index (χ1) is 13.6. The molecule has 0 radical (unpaired) electrons. The van der Waals surface area contributed by atoms with Crippen LogP contribution < -0.4 is 14.8 Å². The van der Waals surface area contributed by atoms with Crippen molar-refractivity contribution in [1.82, 2.24) is 4.72 Å². The van der Waals surface area contributed by atoms with Gasteiger partial charge in [-0.15, -0.1) is 0 Å². The summed E-state index contributed by atoms with van der Waals surface area (Å²) in [4.78, 5) is 12.7. The number of nitrogens with one attached hydrogen (secondary N) is 2. The molecule has 29 heavy (non-hydrogen) atoms. The normalized spacial score (nSPS) is 12.7. The number of rotatable bonds is 8. The monoisotopic (exact) mass is 418 g/mol. The summed E-state index contributed by atoms with van der Waals surface area (Å²) in [5.41, 5.74) is 3.53. The van der Waals surface area contributed by atoms with Gasteiger partial charge >= 0.3 is 0 Å². The predicted octanol–water partition coefficient (Wildman–Crippen LogP) is 3.99. The van der Waals surface area contributed by atoms with Crippen LogP contribution in [0.5, 0.6) is 5.75 Å². The van der Waals surface area contributed by atoms with Crippen LogP contribution in [0.25, 0.3) is 0 Å². The second kappa shape index (κ2) is 9.41. The van der Waals surface area contributed by atoms with E-state index < -0.39 is 22.0 Å². The maximum absolute atomic E-state index is 13.0. The maximum Gasteiger partial charge on any atom is 0.244 e. The number of carbonyl (C=O) groups is 1. The third kappa shape index (κ3) is 5.36. The number of ether oxygens (including phenoxy) is 1. The molecule has 0 bridgehead atoms. The van der Waals surface area contributed by atoms with Gasteiger partial charge in [0.15, 0.2) is 0 Å². The number of hydrogen-bond donors (Lipinski definition) is 2. The highest BCUT2D eigenvalue weighted by atomic mass is 32.2. The van der Waals surface area contributed by atoms with Gasteiger partial charge in [0.25, 0.3) is 0 Å². The first-order valence-electron chi connectivity index (χ1n) is 9.70. The Morgan fingerprint density at radius 2 is 1.83 bits per heavy atom. The van der Waals surface area contributed by atoms with Crippen LogP contribution in [0.1, 0.15) is 50.3 Å². The third-order valence-corrected chi connectivity index (χ3v) is 6.42. The summed E-state index contributed by atoms with van der Waals surface area (Å²) in [6.45, 7) is 9.40. The molecule has 7 heteroatoms. The van der Waals surface area contributed by atoms with Gasteiger partial charge in [-0.25, -0.2) is 8.42 Å². The van der Waals surface area contributed by atoms with Crippen molar-refractivity contribution in [3.63, 3.8) is 0 Å². The number of hydrogen-bond acceptors (Lipinski definition) is 4. The lowest BCUT2D eigenvalue weighted by atomic mass is 10.0. The molecule has 0 aliphatic rings. The van der Waals surface area contributed by atoms with Gasteiger partial charge in [-0.1, -0.05) is 45.0 Å². The van der Waals surface area contributed by atoms with Crippen LogP contribution in [-0.4, -0.2) is 27.5 Å². The zero-order valence-electron chi connectivity index (χ0n) is 17.9. The molecule has 1 atom stereocenters. The molecule has 1 amide bonds. The van der Waals surface area contributed by atoms with Crippen molar-refractivity contribution in [2.24, 2.45) is 0 Å². The van der Waals surface area contributed by atoms with E-state index in [0.717, 1.165) is 28.8 Å². The van der Waals surface area contributed by atoms with E-state index in [4.69, 9.17) is 4.74 Å². The lowest BCUT2D eigenvalue weighted by molar-refractivity contribution is -0.117. The Kier molecular flexibility index (Phi) is 7.43. The molecular weight excluding hydrogens is 388 g/mol. The van der Waals surface area contributed by atoms with Crippen LogP contribution in [0.3, 0.4) is 0 Å². The molecule has 6 nitrogen and oxygen atoms in total. The minimum atomic E-state index is -3.96. The number of benzene rings is 2. The third-order valence-electron chi connectivity index (χ3n) is 4.86. The summed E-state index contributed by atoms with van der Waals surface area (Å²) < 4.78 is 33.6. The molecule has 0 saturated heterocycles. The van der Waals surface area contributed by atoms with Crippen molar-refractivity contribution >= 4 is 21.6 Å². The maximum atomic E-state index is 13.0. The minimum absolute atomic E-state index is 0.0241. The average Bonchev–Trinajstić information content (AvgIpc) is 2.68. The predicted molar refractivity (Wildman–Crippen MR) is 116 cm³/mol. The van der Waals surface area contributed by atoms with E-state index in [2.05, 4.69) is 10.0 Å². The summed E-state index contributed by atoms with van der Waals surface area (Å²) in [5.74, 6) is -0.0256.